The molecular formula is C42H40N2. The molecule has 0 N–H and O–H groups in total. The molecule has 8 rings (SSSR count). The third-order valence-corrected chi connectivity index (χ3v) is 10.1. The summed E-state index contributed by atoms with van der Waals surface area (Å²) in [6.07, 6.45) is 19.8. The molecule has 3 aliphatic carbocycles. The number of allylic oxidation sites excluding steroid dienone is 5. The van der Waals surface area contributed by atoms with Gasteiger partial charge in [-0.1, -0.05) is 111 Å². The molecule has 1 aromatic heterocycles. The Morgan fingerprint density at radius 2 is 1.61 bits per heavy atom. The maximum Gasteiger partial charge on any atom is 0.113 e. The number of hydrogen-bond acceptors (Lipinski definition) is 1. The Labute approximate surface area is 261 Å². The van der Waals surface area contributed by atoms with E-state index in [1.165, 1.54) is 85.5 Å². The molecule has 0 amide bonds. The Morgan fingerprint density at radius 3 is 2.36 bits per heavy atom. The third kappa shape index (κ3) is 4.51. The second-order valence-electron chi connectivity index (χ2n) is 12.8. The molecule has 0 radical (unpaired) electrons. The van der Waals surface area contributed by atoms with Gasteiger partial charge < -0.3 is 4.57 Å². The zero-order chi connectivity index (χ0) is 29.6. The molecule has 2 heteroatoms. The molecule has 44 heavy (non-hydrogen) atoms. The van der Waals surface area contributed by atoms with Crippen LogP contribution in [0.2, 0.25) is 0 Å². The number of hydrogen-bond donors (Lipinski definition) is 0. The summed E-state index contributed by atoms with van der Waals surface area (Å²) >= 11 is 0. The van der Waals surface area contributed by atoms with Crippen LogP contribution in [-0.2, 0) is 19.3 Å². The maximum atomic E-state index is 5.09. The standard InChI is InChI=1S/C42H40N2/c1-3-39-43-38-19-11-12-28(2)42(38)44(39)33-26-24-32(25-27-33)41-36-17-9-7-15-34(36)40(35-16-8-10-18-37(35)41)31-22-20-30(21-23-31)29-13-5-4-6-14-29/h4-7,9-10,13-15,17-18,20,22-28,30H,3,8,11-12,16,19,21H2,1-2H3. The van der Waals surface area contributed by atoms with Gasteiger partial charge in [-0.2, -0.15) is 0 Å². The second kappa shape index (κ2) is 11.2. The summed E-state index contributed by atoms with van der Waals surface area (Å²) in [5.41, 5.74) is 13.7. The summed E-state index contributed by atoms with van der Waals surface area (Å²) in [6, 6.07) is 29.3. The van der Waals surface area contributed by atoms with Gasteiger partial charge in [0.25, 0.3) is 0 Å². The molecule has 2 nitrogen and oxygen atoms in total. The summed E-state index contributed by atoms with van der Waals surface area (Å²) in [4.78, 5) is 5.09. The van der Waals surface area contributed by atoms with Crippen LogP contribution in [0.5, 0.6) is 0 Å². The fourth-order valence-electron chi connectivity index (χ4n) is 8.01. The molecule has 4 aromatic carbocycles. The van der Waals surface area contributed by atoms with E-state index in [0.717, 1.165) is 32.1 Å². The van der Waals surface area contributed by atoms with Crippen molar-refractivity contribution in [3.05, 3.63) is 143 Å². The number of benzene rings is 4. The molecule has 0 saturated carbocycles. The van der Waals surface area contributed by atoms with Crippen LogP contribution in [0.25, 0.3) is 39.2 Å². The van der Waals surface area contributed by atoms with Crippen molar-refractivity contribution in [2.75, 3.05) is 0 Å². The van der Waals surface area contributed by atoms with Gasteiger partial charge in [-0.15, -0.1) is 0 Å². The second-order valence-corrected chi connectivity index (χ2v) is 12.8. The highest BCUT2D eigenvalue weighted by molar-refractivity contribution is 6.08. The molecule has 2 unspecified atom stereocenters. The summed E-state index contributed by atoms with van der Waals surface area (Å²) in [5.74, 6) is 2.18. The van der Waals surface area contributed by atoms with E-state index in [1.807, 2.05) is 0 Å². The number of fused-ring (bicyclic) bond motifs is 3. The quantitative estimate of drug-likeness (QED) is 0.205. The molecular weight excluding hydrogens is 532 g/mol. The first-order valence-electron chi connectivity index (χ1n) is 16.6. The number of aryl methyl sites for hydroxylation is 2. The van der Waals surface area contributed by atoms with E-state index in [2.05, 4.69) is 128 Å². The minimum absolute atomic E-state index is 0.442. The minimum Gasteiger partial charge on any atom is -0.300 e. The first-order chi connectivity index (χ1) is 21.7. The highest BCUT2D eigenvalue weighted by atomic mass is 15.1. The van der Waals surface area contributed by atoms with E-state index in [4.69, 9.17) is 4.98 Å². The number of aromatic nitrogens is 2. The van der Waals surface area contributed by atoms with E-state index in [9.17, 15) is 0 Å². The number of imidazole rings is 1. The predicted molar refractivity (Wildman–Crippen MR) is 186 cm³/mol. The molecule has 5 aromatic rings. The van der Waals surface area contributed by atoms with Gasteiger partial charge >= 0.3 is 0 Å². The molecule has 0 saturated heterocycles. The van der Waals surface area contributed by atoms with Crippen LogP contribution in [0.1, 0.15) is 90.8 Å². The van der Waals surface area contributed by atoms with Crippen LogP contribution in [-0.4, -0.2) is 9.55 Å². The molecule has 218 valence electrons. The third-order valence-electron chi connectivity index (χ3n) is 10.1. The van der Waals surface area contributed by atoms with Gasteiger partial charge in [0, 0.05) is 23.7 Å². The van der Waals surface area contributed by atoms with Crippen molar-refractivity contribution in [3.8, 4) is 16.8 Å². The van der Waals surface area contributed by atoms with Crippen molar-refractivity contribution >= 4 is 22.4 Å². The average molecular weight is 573 g/mol. The highest BCUT2D eigenvalue weighted by Crippen LogP contribution is 2.45. The molecule has 0 aliphatic heterocycles. The van der Waals surface area contributed by atoms with Gasteiger partial charge in [0.2, 0.25) is 0 Å². The van der Waals surface area contributed by atoms with Crippen molar-refractivity contribution in [2.45, 2.75) is 70.6 Å². The minimum atomic E-state index is 0.442. The van der Waals surface area contributed by atoms with Crippen LogP contribution in [0, 0.1) is 0 Å². The van der Waals surface area contributed by atoms with Crippen molar-refractivity contribution in [1.29, 1.82) is 0 Å². The Bertz CT molecular complexity index is 1950. The monoisotopic (exact) mass is 572 g/mol. The van der Waals surface area contributed by atoms with Crippen molar-refractivity contribution in [3.63, 3.8) is 0 Å². The van der Waals surface area contributed by atoms with Gasteiger partial charge in [-0.3, -0.25) is 0 Å². The smallest absolute Gasteiger partial charge is 0.113 e. The lowest BCUT2D eigenvalue weighted by Crippen LogP contribution is -2.12. The van der Waals surface area contributed by atoms with Gasteiger partial charge in [0.15, 0.2) is 0 Å². The largest absolute Gasteiger partial charge is 0.300 e. The van der Waals surface area contributed by atoms with Crippen LogP contribution in [0.4, 0.5) is 0 Å². The fourth-order valence-corrected chi connectivity index (χ4v) is 8.01. The Kier molecular flexibility index (Phi) is 6.94. The number of rotatable bonds is 5. The van der Waals surface area contributed by atoms with Crippen molar-refractivity contribution in [2.24, 2.45) is 0 Å². The molecule has 0 fully saturated rings. The van der Waals surface area contributed by atoms with E-state index in [-0.39, 0.29) is 0 Å². The van der Waals surface area contributed by atoms with Crippen LogP contribution >= 0.6 is 0 Å². The maximum absolute atomic E-state index is 5.09. The summed E-state index contributed by atoms with van der Waals surface area (Å²) < 4.78 is 2.46. The lowest BCUT2D eigenvalue weighted by atomic mass is 9.78. The van der Waals surface area contributed by atoms with Crippen molar-refractivity contribution < 1.29 is 0 Å². The van der Waals surface area contributed by atoms with Crippen LogP contribution in [0.3, 0.4) is 0 Å². The van der Waals surface area contributed by atoms with Crippen molar-refractivity contribution in [1.82, 2.24) is 9.55 Å². The normalized spacial score (nSPS) is 19.1. The summed E-state index contributed by atoms with van der Waals surface area (Å²) in [6.45, 7) is 4.60. The van der Waals surface area contributed by atoms with Gasteiger partial charge in [-0.25, -0.2) is 4.98 Å². The summed E-state index contributed by atoms with van der Waals surface area (Å²) in [7, 11) is 0. The van der Waals surface area contributed by atoms with E-state index >= 15 is 0 Å². The van der Waals surface area contributed by atoms with Crippen LogP contribution in [0.15, 0.2) is 103 Å². The molecule has 2 atom stereocenters. The van der Waals surface area contributed by atoms with E-state index in [1.54, 1.807) is 0 Å². The Balaban J connectivity index is 1.24. The Hall–Kier alpha value is -4.43. The van der Waals surface area contributed by atoms with Gasteiger partial charge in [0.05, 0.1) is 5.69 Å². The van der Waals surface area contributed by atoms with Gasteiger partial charge in [0.1, 0.15) is 5.82 Å². The van der Waals surface area contributed by atoms with E-state index < -0.39 is 0 Å². The SMILES string of the molecule is CCc1nc2c(n1-c1ccc(-c3c4c(c(C5=CCC(c6ccccc6)C=C5)c5ccccc35)CCC=C4)cc1)C(C)CCC2. The first-order valence-corrected chi connectivity index (χ1v) is 16.6. The predicted octanol–water partition coefficient (Wildman–Crippen LogP) is 10.8. The van der Waals surface area contributed by atoms with Crippen LogP contribution < -0.4 is 0 Å². The topological polar surface area (TPSA) is 17.8 Å². The lowest BCUT2D eigenvalue weighted by Gasteiger charge is -2.26. The van der Waals surface area contributed by atoms with Gasteiger partial charge in [-0.05, 0) is 106 Å². The lowest BCUT2D eigenvalue weighted by molar-refractivity contribution is 0.563. The average Bonchev–Trinajstić information content (AvgIpc) is 3.48. The number of nitrogens with zero attached hydrogens (tertiary/aromatic N) is 2. The molecule has 3 aliphatic rings. The molecule has 0 bridgehead atoms. The zero-order valence-electron chi connectivity index (χ0n) is 25.9. The fraction of sp³-hybridized carbons (Fsp3) is 0.262. The zero-order valence-corrected chi connectivity index (χ0v) is 25.9. The summed E-state index contributed by atoms with van der Waals surface area (Å²) in [5, 5.41) is 2.70. The van der Waals surface area contributed by atoms with E-state index in [0.29, 0.717) is 11.8 Å². The first kappa shape index (κ1) is 27.1. The molecule has 0 spiro atoms. The highest BCUT2D eigenvalue weighted by Gasteiger charge is 2.26. The Morgan fingerprint density at radius 1 is 0.841 bits per heavy atom. The molecule has 1 heterocycles.